The van der Waals surface area contributed by atoms with Gasteiger partial charge >= 0.3 is 12.3 Å². The summed E-state index contributed by atoms with van der Waals surface area (Å²) in [6, 6.07) is 4.07. The Labute approximate surface area is 192 Å². The van der Waals surface area contributed by atoms with Gasteiger partial charge in [0.05, 0.1) is 5.69 Å². The van der Waals surface area contributed by atoms with Crippen LogP contribution in [0, 0.1) is 5.82 Å². The molecule has 1 aromatic rings. The van der Waals surface area contributed by atoms with E-state index in [1.807, 2.05) is 25.7 Å². The maximum absolute atomic E-state index is 13.8. The number of carbonyl (C=O) groups is 1. The van der Waals surface area contributed by atoms with Crippen molar-refractivity contribution in [3.05, 3.63) is 24.0 Å². The van der Waals surface area contributed by atoms with Crippen molar-refractivity contribution in [2.45, 2.75) is 70.3 Å². The number of hydrogen-bond acceptors (Lipinski definition) is 5. The van der Waals surface area contributed by atoms with Crippen LogP contribution in [-0.2, 0) is 4.74 Å². The van der Waals surface area contributed by atoms with Gasteiger partial charge in [-0.3, -0.25) is 4.90 Å². The molecule has 0 unspecified atom stereocenters. The smallest absolute Gasteiger partial charge is 0.422 e. The summed E-state index contributed by atoms with van der Waals surface area (Å²) in [6.45, 7) is 6.68. The van der Waals surface area contributed by atoms with Crippen LogP contribution in [0.3, 0.4) is 0 Å². The van der Waals surface area contributed by atoms with Gasteiger partial charge in [0.2, 0.25) is 0 Å². The second kappa shape index (κ2) is 10.4. The molecule has 1 saturated carbocycles. The molecule has 1 heterocycles. The highest BCUT2D eigenvalue weighted by Gasteiger charge is 2.32. The zero-order valence-corrected chi connectivity index (χ0v) is 19.4. The van der Waals surface area contributed by atoms with Gasteiger partial charge in [-0.05, 0) is 58.6 Å². The zero-order chi connectivity index (χ0) is 24.2. The molecule has 33 heavy (non-hydrogen) atoms. The minimum absolute atomic E-state index is 0.0379. The van der Waals surface area contributed by atoms with Crippen LogP contribution in [0.1, 0.15) is 46.5 Å². The minimum Gasteiger partial charge on any atom is -0.482 e. The molecule has 1 amide bonds. The molecule has 1 N–H and O–H groups in total. The Bertz CT molecular complexity index is 797. The molecule has 2 aliphatic rings. The number of nitrogens with one attached hydrogen (secondary N) is 1. The Morgan fingerprint density at radius 1 is 1.06 bits per heavy atom. The summed E-state index contributed by atoms with van der Waals surface area (Å²) < 4.78 is 61.8. The predicted octanol–water partition coefficient (Wildman–Crippen LogP) is 4.72. The van der Waals surface area contributed by atoms with Crippen molar-refractivity contribution < 1.29 is 31.8 Å². The van der Waals surface area contributed by atoms with E-state index < -0.39 is 30.3 Å². The third-order valence-electron chi connectivity index (χ3n) is 5.90. The largest absolute Gasteiger partial charge is 0.482 e. The van der Waals surface area contributed by atoms with Crippen molar-refractivity contribution in [1.29, 1.82) is 0 Å². The Hall–Kier alpha value is -2.23. The molecule has 0 spiro atoms. The van der Waals surface area contributed by atoms with Gasteiger partial charge in [0, 0.05) is 44.3 Å². The molecule has 1 aliphatic heterocycles. The van der Waals surface area contributed by atoms with Gasteiger partial charge in [0.15, 0.2) is 6.61 Å². The summed E-state index contributed by atoms with van der Waals surface area (Å²) in [5, 5.41) is 2.94. The maximum Gasteiger partial charge on any atom is 0.422 e. The lowest BCUT2D eigenvalue weighted by Gasteiger charge is -2.43. The second-order valence-electron chi connectivity index (χ2n) is 9.69. The maximum atomic E-state index is 13.8. The molecule has 0 radical (unpaired) electrons. The number of amides is 1. The first-order chi connectivity index (χ1) is 15.4. The summed E-state index contributed by atoms with van der Waals surface area (Å²) in [4.78, 5) is 16.2. The van der Waals surface area contributed by atoms with E-state index >= 15 is 0 Å². The van der Waals surface area contributed by atoms with Crippen molar-refractivity contribution in [3.8, 4) is 5.75 Å². The zero-order valence-electron chi connectivity index (χ0n) is 19.4. The number of piperazine rings is 1. The number of hydrogen-bond donors (Lipinski definition) is 1. The third kappa shape index (κ3) is 7.94. The molecule has 0 atom stereocenters. The van der Waals surface area contributed by atoms with Gasteiger partial charge in [0.1, 0.15) is 17.2 Å². The molecule has 2 fully saturated rings. The lowest BCUT2D eigenvalue weighted by atomic mass is 9.90. The van der Waals surface area contributed by atoms with Crippen molar-refractivity contribution in [2.24, 2.45) is 0 Å². The number of anilines is 1. The number of ether oxygens (including phenoxy) is 2. The van der Waals surface area contributed by atoms with E-state index in [4.69, 9.17) is 9.47 Å². The highest BCUT2D eigenvalue weighted by Crippen LogP contribution is 2.32. The highest BCUT2D eigenvalue weighted by molar-refractivity contribution is 5.68. The molecular formula is C23H33F4N3O3. The normalized spacial score (nSPS) is 22.7. The Morgan fingerprint density at radius 3 is 2.27 bits per heavy atom. The van der Waals surface area contributed by atoms with E-state index in [1.54, 1.807) is 0 Å². The molecular weight excluding hydrogens is 442 g/mol. The van der Waals surface area contributed by atoms with Crippen molar-refractivity contribution in [3.63, 3.8) is 0 Å². The van der Waals surface area contributed by atoms with Crippen LogP contribution in [0.5, 0.6) is 5.75 Å². The van der Waals surface area contributed by atoms with Gasteiger partial charge in [0.25, 0.3) is 0 Å². The Morgan fingerprint density at radius 2 is 1.70 bits per heavy atom. The van der Waals surface area contributed by atoms with Gasteiger partial charge < -0.3 is 19.7 Å². The second-order valence-corrected chi connectivity index (χ2v) is 9.69. The summed E-state index contributed by atoms with van der Waals surface area (Å²) in [5.74, 6) is -0.474. The average molecular weight is 476 g/mol. The predicted molar refractivity (Wildman–Crippen MR) is 117 cm³/mol. The lowest BCUT2D eigenvalue weighted by Crippen LogP contribution is -2.52. The third-order valence-corrected chi connectivity index (χ3v) is 5.90. The molecule has 3 rings (SSSR count). The molecule has 1 aliphatic carbocycles. The van der Waals surface area contributed by atoms with Gasteiger partial charge in [-0.2, -0.15) is 13.2 Å². The number of alkyl halides is 3. The van der Waals surface area contributed by atoms with Crippen molar-refractivity contribution >= 4 is 11.8 Å². The number of alkyl carbamates (subject to hydrolysis) is 1. The Kier molecular flexibility index (Phi) is 7.97. The van der Waals surface area contributed by atoms with Crippen LogP contribution in [0.4, 0.5) is 28.0 Å². The van der Waals surface area contributed by atoms with Crippen LogP contribution in [-0.4, -0.2) is 67.6 Å². The van der Waals surface area contributed by atoms with E-state index in [9.17, 15) is 22.4 Å². The van der Waals surface area contributed by atoms with Crippen LogP contribution in [0.25, 0.3) is 0 Å². The van der Waals surface area contributed by atoms with E-state index in [-0.39, 0.29) is 11.8 Å². The molecule has 0 bridgehead atoms. The van der Waals surface area contributed by atoms with E-state index in [2.05, 4.69) is 10.2 Å². The monoisotopic (exact) mass is 475 g/mol. The van der Waals surface area contributed by atoms with E-state index in [0.29, 0.717) is 24.8 Å². The minimum atomic E-state index is -4.46. The number of rotatable bonds is 5. The SMILES string of the molecule is CC(C)(C)OC(=O)NC1CCC(N2CCN(c3cc(F)ccc3OCC(F)(F)F)CC2)CC1. The topological polar surface area (TPSA) is 54.0 Å². The number of benzene rings is 1. The first-order valence-electron chi connectivity index (χ1n) is 11.4. The molecule has 10 heteroatoms. The fourth-order valence-corrected chi connectivity index (χ4v) is 4.41. The van der Waals surface area contributed by atoms with Crippen LogP contribution in [0.15, 0.2) is 18.2 Å². The van der Waals surface area contributed by atoms with E-state index in [1.165, 1.54) is 12.1 Å². The van der Waals surface area contributed by atoms with E-state index in [0.717, 1.165) is 44.8 Å². The first kappa shape index (κ1) is 25.4. The van der Waals surface area contributed by atoms with Gasteiger partial charge in [-0.1, -0.05) is 0 Å². The summed E-state index contributed by atoms with van der Waals surface area (Å²) in [7, 11) is 0. The Balaban J connectivity index is 1.49. The van der Waals surface area contributed by atoms with Gasteiger partial charge in [-0.25, -0.2) is 9.18 Å². The standard InChI is InChI=1S/C23H33F4N3O3/c1-22(2,3)33-21(31)28-17-5-7-18(8-6-17)29-10-12-30(13-11-29)19-14-16(24)4-9-20(19)32-15-23(25,26)27/h4,9,14,17-18H,5-8,10-13,15H2,1-3H3,(H,28,31). The van der Waals surface area contributed by atoms with Crippen molar-refractivity contribution in [1.82, 2.24) is 10.2 Å². The van der Waals surface area contributed by atoms with Crippen LogP contribution in [0.2, 0.25) is 0 Å². The number of halogens is 4. The quantitative estimate of drug-likeness (QED) is 0.625. The fourth-order valence-electron chi connectivity index (χ4n) is 4.41. The molecule has 186 valence electrons. The fraction of sp³-hybridized carbons (Fsp3) is 0.696. The molecule has 1 aromatic carbocycles. The summed E-state index contributed by atoms with van der Waals surface area (Å²) in [5.41, 5.74) is -0.176. The first-order valence-corrected chi connectivity index (χ1v) is 11.4. The summed E-state index contributed by atoms with van der Waals surface area (Å²) >= 11 is 0. The van der Waals surface area contributed by atoms with Crippen molar-refractivity contribution in [2.75, 3.05) is 37.7 Å². The molecule has 1 saturated heterocycles. The lowest BCUT2D eigenvalue weighted by molar-refractivity contribution is -0.153. The van der Waals surface area contributed by atoms with Gasteiger partial charge in [-0.15, -0.1) is 0 Å². The number of nitrogens with zero attached hydrogens (tertiary/aromatic N) is 2. The highest BCUT2D eigenvalue weighted by atomic mass is 19.4. The van der Waals surface area contributed by atoms with Crippen LogP contribution >= 0.6 is 0 Å². The molecule has 0 aromatic heterocycles. The summed E-state index contributed by atoms with van der Waals surface area (Å²) in [6.07, 6.45) is -1.23. The van der Waals surface area contributed by atoms with Crippen LogP contribution < -0.4 is 15.0 Å². The average Bonchev–Trinajstić information content (AvgIpc) is 2.71. The molecule has 6 nitrogen and oxygen atoms in total. The number of carbonyl (C=O) groups excluding carboxylic acids is 1.